The van der Waals surface area contributed by atoms with Gasteiger partial charge in [0, 0.05) is 48.4 Å². The summed E-state index contributed by atoms with van der Waals surface area (Å²) in [6, 6.07) is 3.91. The zero-order valence-corrected chi connectivity index (χ0v) is 17.5. The second-order valence-electron chi connectivity index (χ2n) is 9.13. The quantitative estimate of drug-likeness (QED) is 0.609. The van der Waals surface area contributed by atoms with Crippen molar-refractivity contribution in [3.8, 4) is 17.0 Å². The molecule has 2 aliphatic heterocycles. The van der Waals surface area contributed by atoms with E-state index in [9.17, 15) is 8.78 Å². The van der Waals surface area contributed by atoms with E-state index in [-0.39, 0.29) is 17.0 Å². The number of ether oxygens (including phenoxy) is 1. The van der Waals surface area contributed by atoms with E-state index in [0.29, 0.717) is 23.2 Å². The number of aromatic amines is 1. The zero-order chi connectivity index (χ0) is 21.9. The fourth-order valence-electron chi connectivity index (χ4n) is 5.49. The third-order valence-electron chi connectivity index (χ3n) is 7.16. The fraction of sp³-hybridized carbons (Fsp3) is 0.500. The van der Waals surface area contributed by atoms with Crippen molar-refractivity contribution in [3.05, 3.63) is 42.2 Å². The van der Waals surface area contributed by atoms with E-state index in [1.54, 1.807) is 6.20 Å². The van der Waals surface area contributed by atoms with Crippen LogP contribution >= 0.6 is 0 Å². The summed E-state index contributed by atoms with van der Waals surface area (Å²) in [4.78, 5) is 14.5. The molecule has 168 valence electrons. The van der Waals surface area contributed by atoms with Crippen LogP contribution in [0.5, 0.6) is 5.75 Å². The highest BCUT2D eigenvalue weighted by atomic mass is 19.3. The lowest BCUT2D eigenvalue weighted by Gasteiger charge is -2.29. The highest BCUT2D eigenvalue weighted by molar-refractivity contribution is 5.64. The van der Waals surface area contributed by atoms with Crippen molar-refractivity contribution in [2.24, 2.45) is 5.92 Å². The van der Waals surface area contributed by atoms with Crippen molar-refractivity contribution in [2.45, 2.75) is 50.3 Å². The summed E-state index contributed by atoms with van der Waals surface area (Å²) in [7, 11) is 0. The van der Waals surface area contributed by atoms with Gasteiger partial charge in [0.2, 0.25) is 0 Å². The van der Waals surface area contributed by atoms with Crippen LogP contribution in [0.2, 0.25) is 0 Å². The second-order valence-corrected chi connectivity index (χ2v) is 9.13. The van der Waals surface area contributed by atoms with Crippen LogP contribution in [-0.4, -0.2) is 49.3 Å². The Kier molecular flexibility index (Phi) is 4.46. The molecule has 0 aromatic carbocycles. The summed E-state index contributed by atoms with van der Waals surface area (Å²) in [5.74, 6) is 1.55. The first-order valence-electron chi connectivity index (χ1n) is 11.0. The Morgan fingerprint density at radius 3 is 2.78 bits per heavy atom. The topological polar surface area (TPSA) is 97.9 Å². The Bertz CT molecular complexity index is 1130. The number of alkyl halides is 2. The molecule has 32 heavy (non-hydrogen) atoms. The molecule has 3 N–H and O–H groups in total. The van der Waals surface area contributed by atoms with Crippen molar-refractivity contribution in [3.63, 3.8) is 0 Å². The molecule has 2 fully saturated rings. The Hall–Kier alpha value is -3.01. The van der Waals surface area contributed by atoms with E-state index in [1.807, 2.05) is 12.4 Å². The smallest absolute Gasteiger partial charge is 0.387 e. The van der Waals surface area contributed by atoms with Crippen molar-refractivity contribution in [1.29, 1.82) is 0 Å². The minimum absolute atomic E-state index is 0.0501. The normalized spacial score (nSPS) is 23.8. The molecule has 2 atom stereocenters. The van der Waals surface area contributed by atoms with E-state index < -0.39 is 6.61 Å². The summed E-state index contributed by atoms with van der Waals surface area (Å²) in [6.45, 7) is -0.110. The van der Waals surface area contributed by atoms with Crippen LogP contribution in [0.1, 0.15) is 43.2 Å². The average molecular weight is 441 g/mol. The van der Waals surface area contributed by atoms with Gasteiger partial charge in [0.1, 0.15) is 5.82 Å². The number of nitrogens with zero attached hydrogens (tertiary/aromatic N) is 5. The number of aryl methyl sites for hydroxylation is 1. The number of nitrogens with two attached hydrogens (primary N) is 1. The van der Waals surface area contributed by atoms with Gasteiger partial charge in [0.25, 0.3) is 0 Å². The van der Waals surface area contributed by atoms with Crippen LogP contribution in [0.15, 0.2) is 30.7 Å². The molecule has 5 heterocycles. The minimum atomic E-state index is -2.96. The van der Waals surface area contributed by atoms with Crippen LogP contribution in [0.3, 0.4) is 0 Å². The predicted molar refractivity (Wildman–Crippen MR) is 113 cm³/mol. The molecule has 0 bridgehead atoms. The molecule has 3 aliphatic rings. The number of fused-ring (bicyclic) bond motifs is 2. The van der Waals surface area contributed by atoms with E-state index in [4.69, 9.17) is 10.8 Å². The first-order valence-corrected chi connectivity index (χ1v) is 11.0. The molecular weight excluding hydrogens is 416 g/mol. The molecule has 6 rings (SSSR count). The van der Waals surface area contributed by atoms with Crippen LogP contribution in [0.4, 0.5) is 14.6 Å². The van der Waals surface area contributed by atoms with Crippen molar-refractivity contribution < 1.29 is 13.5 Å². The van der Waals surface area contributed by atoms with Crippen molar-refractivity contribution in [2.75, 3.05) is 18.8 Å². The van der Waals surface area contributed by atoms with Crippen LogP contribution in [0, 0.1) is 5.92 Å². The van der Waals surface area contributed by atoms with Crippen LogP contribution in [-0.2, 0) is 12.0 Å². The molecule has 3 aromatic rings. The highest BCUT2D eigenvalue weighted by Crippen LogP contribution is 2.50. The van der Waals surface area contributed by atoms with Gasteiger partial charge in [-0.2, -0.15) is 13.9 Å². The summed E-state index contributed by atoms with van der Waals surface area (Å²) >= 11 is 0. The van der Waals surface area contributed by atoms with Gasteiger partial charge >= 0.3 is 6.61 Å². The Labute approximate surface area is 183 Å². The van der Waals surface area contributed by atoms with Crippen molar-refractivity contribution in [1.82, 2.24) is 29.6 Å². The maximum atomic E-state index is 12.7. The molecule has 10 heteroatoms. The zero-order valence-electron chi connectivity index (χ0n) is 17.5. The van der Waals surface area contributed by atoms with Crippen LogP contribution in [0.25, 0.3) is 11.3 Å². The molecule has 0 amide bonds. The highest BCUT2D eigenvalue weighted by Gasteiger charge is 2.50. The van der Waals surface area contributed by atoms with E-state index in [0.717, 1.165) is 38.3 Å². The number of pyridine rings is 1. The molecule has 0 unspecified atom stereocenters. The number of nitrogen functional groups attached to an aromatic ring is 1. The van der Waals surface area contributed by atoms with Gasteiger partial charge in [-0.3, -0.25) is 9.58 Å². The summed E-state index contributed by atoms with van der Waals surface area (Å²) < 4.78 is 32.0. The maximum absolute atomic E-state index is 12.7. The molecular formula is C22H25F2N7O. The number of hydrogen-bond acceptors (Lipinski definition) is 6. The first-order chi connectivity index (χ1) is 15.5. The SMILES string of the molecule is Nc1ncc(-c2cc3n(n2)CC[C@@]32CCN([C@H](c3ncc[nH]3)C3CC3)C2)cc1OC(F)F. The van der Waals surface area contributed by atoms with E-state index >= 15 is 0 Å². The lowest BCUT2D eigenvalue weighted by molar-refractivity contribution is -0.0494. The van der Waals surface area contributed by atoms with E-state index in [1.165, 1.54) is 24.6 Å². The maximum Gasteiger partial charge on any atom is 0.387 e. The number of imidazole rings is 1. The predicted octanol–water partition coefficient (Wildman–Crippen LogP) is 3.35. The number of nitrogens with one attached hydrogen (secondary N) is 1. The summed E-state index contributed by atoms with van der Waals surface area (Å²) in [5, 5.41) is 4.75. The number of halogens is 2. The lowest BCUT2D eigenvalue weighted by Crippen LogP contribution is -2.33. The lowest BCUT2D eigenvalue weighted by atomic mass is 9.82. The molecule has 1 aliphatic carbocycles. The molecule has 1 saturated carbocycles. The largest absolute Gasteiger partial charge is 0.431 e. The number of hydrogen-bond donors (Lipinski definition) is 2. The van der Waals surface area contributed by atoms with Gasteiger partial charge in [0.15, 0.2) is 11.6 Å². The molecule has 0 radical (unpaired) electrons. The monoisotopic (exact) mass is 441 g/mol. The van der Waals surface area contributed by atoms with Crippen molar-refractivity contribution >= 4 is 5.82 Å². The number of H-pyrrole nitrogens is 1. The number of likely N-dealkylation sites (tertiary alicyclic amines) is 1. The van der Waals surface area contributed by atoms with Gasteiger partial charge in [-0.05, 0) is 50.3 Å². The summed E-state index contributed by atoms with van der Waals surface area (Å²) in [5.41, 5.74) is 8.26. The summed E-state index contributed by atoms with van der Waals surface area (Å²) in [6.07, 6.45) is 9.93. The Morgan fingerprint density at radius 2 is 2.03 bits per heavy atom. The van der Waals surface area contributed by atoms with Gasteiger partial charge in [-0.1, -0.05) is 0 Å². The molecule has 1 spiro atoms. The van der Waals surface area contributed by atoms with Gasteiger partial charge in [-0.25, -0.2) is 9.97 Å². The average Bonchev–Trinajstić information content (AvgIpc) is 3.16. The standard InChI is InChI=1S/C22H25F2N7O/c23-21(24)32-16-9-14(11-28-19(16)25)15-10-17-22(4-8-31(17)29-15)3-7-30(12-22)18(13-1-2-13)20-26-5-6-27-20/h5-6,9-11,13,18,21H,1-4,7-8,12H2,(H2,25,28)(H,26,27)/t18-,22+/m0/s1. The number of aromatic nitrogens is 5. The molecule has 1 saturated heterocycles. The Morgan fingerprint density at radius 1 is 1.19 bits per heavy atom. The molecule has 3 aromatic heterocycles. The van der Waals surface area contributed by atoms with Gasteiger partial charge in [-0.15, -0.1) is 0 Å². The van der Waals surface area contributed by atoms with Gasteiger partial charge < -0.3 is 15.5 Å². The Balaban J connectivity index is 1.28. The number of rotatable bonds is 6. The van der Waals surface area contributed by atoms with Gasteiger partial charge in [0.05, 0.1) is 11.7 Å². The minimum Gasteiger partial charge on any atom is -0.431 e. The number of anilines is 1. The van der Waals surface area contributed by atoms with E-state index in [2.05, 4.69) is 35.3 Å². The fourth-order valence-corrected chi connectivity index (χ4v) is 5.49. The third kappa shape index (κ3) is 3.24. The second kappa shape index (κ2) is 7.26. The van der Waals surface area contributed by atoms with Crippen LogP contribution < -0.4 is 10.5 Å². The third-order valence-corrected chi connectivity index (χ3v) is 7.16. The first kappa shape index (κ1) is 19.7. The molecule has 8 nitrogen and oxygen atoms in total.